The second-order valence-corrected chi connectivity index (χ2v) is 9.08. The van der Waals surface area contributed by atoms with Gasteiger partial charge in [-0.05, 0) is 48.5 Å². The van der Waals surface area contributed by atoms with Gasteiger partial charge in [0.05, 0.1) is 24.3 Å². The Hall–Kier alpha value is -3.74. The fourth-order valence-electron chi connectivity index (χ4n) is 4.60. The Morgan fingerprint density at radius 2 is 1.66 bits per heavy atom. The lowest BCUT2D eigenvalue weighted by molar-refractivity contribution is -0.132. The number of halogens is 2. The molecule has 0 radical (unpaired) electrons. The second kappa shape index (κ2) is 8.80. The summed E-state index contributed by atoms with van der Waals surface area (Å²) in [6.07, 6.45) is 1.87. The number of aliphatic hydroxyl groups excluding tert-OH is 1. The third-order valence-electron chi connectivity index (χ3n) is 6.19. The van der Waals surface area contributed by atoms with Gasteiger partial charge >= 0.3 is 0 Å². The molecule has 1 aromatic heterocycles. The lowest BCUT2D eigenvalue weighted by Crippen LogP contribution is -2.29. The number of benzene rings is 3. The van der Waals surface area contributed by atoms with E-state index in [0.717, 1.165) is 10.9 Å². The normalized spacial score (nSPS) is 17.4. The number of carbonyl (C=O) groups excluding carboxylic acids is 2. The van der Waals surface area contributed by atoms with E-state index in [-0.39, 0.29) is 16.9 Å². The maximum atomic E-state index is 13.5. The summed E-state index contributed by atoms with van der Waals surface area (Å²) in [5, 5.41) is 13.2. The van der Waals surface area contributed by atoms with Gasteiger partial charge in [0, 0.05) is 45.4 Å². The van der Waals surface area contributed by atoms with E-state index < -0.39 is 17.7 Å². The maximum Gasteiger partial charge on any atom is 0.300 e. The first-order chi connectivity index (χ1) is 16.8. The summed E-state index contributed by atoms with van der Waals surface area (Å²) in [7, 11) is 3.34. The number of para-hydroxylation sites is 1. The minimum atomic E-state index is -0.897. The monoisotopic (exact) mass is 506 g/mol. The van der Waals surface area contributed by atoms with Gasteiger partial charge in [0.25, 0.3) is 11.7 Å². The topological polar surface area (TPSA) is 71.8 Å². The number of Topliss-reactive ketones (excluding diaryl/α,β-unsaturated/α-hetero) is 1. The van der Waals surface area contributed by atoms with E-state index in [1.165, 1.54) is 18.1 Å². The predicted molar refractivity (Wildman–Crippen MR) is 137 cm³/mol. The number of amides is 1. The fourth-order valence-corrected chi connectivity index (χ4v) is 4.89. The van der Waals surface area contributed by atoms with Crippen LogP contribution in [0.4, 0.5) is 5.69 Å². The zero-order chi connectivity index (χ0) is 24.9. The molecule has 1 amide bonds. The van der Waals surface area contributed by atoms with Gasteiger partial charge in [-0.3, -0.25) is 14.5 Å². The SMILES string of the molecule is COc1ccc(Cl)cc1/C(O)=C1\C(=O)C(=O)N(c2ccc(Cl)cc2)C1c1cn(C)c2ccccc12. The molecule has 1 saturated heterocycles. The molecule has 8 heteroatoms. The van der Waals surface area contributed by atoms with Crippen LogP contribution < -0.4 is 9.64 Å². The van der Waals surface area contributed by atoms with Gasteiger partial charge in [-0.15, -0.1) is 0 Å². The average molecular weight is 507 g/mol. The van der Waals surface area contributed by atoms with Crippen LogP contribution in [0.2, 0.25) is 10.0 Å². The number of rotatable bonds is 4. The van der Waals surface area contributed by atoms with Gasteiger partial charge in [-0.2, -0.15) is 0 Å². The minimum Gasteiger partial charge on any atom is -0.507 e. The molecule has 1 aliphatic heterocycles. The van der Waals surface area contributed by atoms with Crippen molar-refractivity contribution < 1.29 is 19.4 Å². The number of hydrogen-bond donors (Lipinski definition) is 1. The van der Waals surface area contributed by atoms with Crippen LogP contribution in [0.3, 0.4) is 0 Å². The Bertz CT molecular complexity index is 1520. The number of hydrogen-bond acceptors (Lipinski definition) is 4. The van der Waals surface area contributed by atoms with Gasteiger partial charge in [0.15, 0.2) is 0 Å². The van der Waals surface area contributed by atoms with Crippen molar-refractivity contribution in [3.63, 3.8) is 0 Å². The number of aliphatic hydroxyl groups is 1. The van der Waals surface area contributed by atoms with E-state index in [9.17, 15) is 14.7 Å². The predicted octanol–water partition coefficient (Wildman–Crippen LogP) is 6.12. The first kappa shape index (κ1) is 23.0. The molecular weight excluding hydrogens is 487 g/mol. The van der Waals surface area contributed by atoms with Crippen LogP contribution in [0.15, 0.2) is 78.5 Å². The average Bonchev–Trinajstić information content (AvgIpc) is 3.33. The number of ether oxygens (including phenoxy) is 1. The van der Waals surface area contributed by atoms with Crippen molar-refractivity contribution in [1.82, 2.24) is 4.57 Å². The molecule has 0 aliphatic carbocycles. The molecule has 2 heterocycles. The summed E-state index contributed by atoms with van der Waals surface area (Å²) < 4.78 is 7.32. The van der Waals surface area contributed by atoms with Gasteiger partial charge in [0.1, 0.15) is 11.5 Å². The third-order valence-corrected chi connectivity index (χ3v) is 6.68. The summed E-state index contributed by atoms with van der Waals surface area (Å²) in [5.74, 6) is -1.61. The van der Waals surface area contributed by atoms with E-state index in [1.54, 1.807) is 36.4 Å². The molecule has 6 nitrogen and oxygen atoms in total. The molecule has 0 bridgehead atoms. The summed E-state index contributed by atoms with van der Waals surface area (Å²) in [6, 6.07) is 18.1. The number of fused-ring (bicyclic) bond motifs is 1. The number of nitrogens with zero attached hydrogens (tertiary/aromatic N) is 2. The molecule has 0 spiro atoms. The highest BCUT2D eigenvalue weighted by molar-refractivity contribution is 6.52. The molecule has 1 N–H and O–H groups in total. The molecule has 1 fully saturated rings. The smallest absolute Gasteiger partial charge is 0.300 e. The number of methoxy groups -OCH3 is 1. The van der Waals surface area contributed by atoms with E-state index in [2.05, 4.69) is 0 Å². The van der Waals surface area contributed by atoms with Crippen LogP contribution >= 0.6 is 23.2 Å². The maximum absolute atomic E-state index is 13.5. The summed E-state index contributed by atoms with van der Waals surface area (Å²) in [5.41, 5.74) is 2.26. The van der Waals surface area contributed by atoms with E-state index >= 15 is 0 Å². The van der Waals surface area contributed by atoms with Crippen molar-refractivity contribution in [2.24, 2.45) is 7.05 Å². The summed E-state index contributed by atoms with van der Waals surface area (Å²) in [4.78, 5) is 28.3. The highest BCUT2D eigenvalue weighted by Gasteiger charge is 2.48. The van der Waals surface area contributed by atoms with Gasteiger partial charge in [-0.25, -0.2) is 0 Å². The Kier molecular flexibility index (Phi) is 5.79. The first-order valence-electron chi connectivity index (χ1n) is 10.8. The molecule has 5 rings (SSSR count). The molecule has 4 aromatic rings. The van der Waals surface area contributed by atoms with Crippen molar-refractivity contribution in [1.29, 1.82) is 0 Å². The van der Waals surface area contributed by atoms with Crippen LogP contribution in [0.1, 0.15) is 17.2 Å². The minimum absolute atomic E-state index is 0.0538. The van der Waals surface area contributed by atoms with Crippen molar-refractivity contribution in [3.8, 4) is 5.75 Å². The Balaban J connectivity index is 1.83. The Labute approximate surface area is 211 Å². The standard InChI is InChI=1S/C27H20Cl2N2O4/c1-30-14-20(18-5-3-4-6-21(18)30)24-23(25(32)19-13-16(29)9-12-22(19)35-2)26(33)27(34)31(24)17-10-7-15(28)8-11-17/h3-14,24,32H,1-2H3/b25-23+. The summed E-state index contributed by atoms with van der Waals surface area (Å²) >= 11 is 12.3. The zero-order valence-corrected chi connectivity index (χ0v) is 20.3. The second-order valence-electron chi connectivity index (χ2n) is 8.20. The summed E-state index contributed by atoms with van der Waals surface area (Å²) in [6.45, 7) is 0. The largest absolute Gasteiger partial charge is 0.507 e. The molecule has 35 heavy (non-hydrogen) atoms. The van der Waals surface area contributed by atoms with Crippen molar-refractivity contribution >= 4 is 57.2 Å². The molecule has 1 unspecified atom stereocenters. The van der Waals surface area contributed by atoms with Crippen LogP contribution in [0.25, 0.3) is 16.7 Å². The van der Waals surface area contributed by atoms with Gasteiger partial charge in [-0.1, -0.05) is 41.4 Å². The number of aromatic nitrogens is 1. The highest BCUT2D eigenvalue weighted by Crippen LogP contribution is 2.45. The quantitative estimate of drug-likeness (QED) is 0.205. The first-order valence-corrected chi connectivity index (χ1v) is 11.5. The van der Waals surface area contributed by atoms with Crippen LogP contribution in [-0.2, 0) is 16.6 Å². The van der Waals surface area contributed by atoms with Crippen LogP contribution in [0.5, 0.6) is 5.75 Å². The number of ketones is 1. The molecule has 176 valence electrons. The van der Waals surface area contributed by atoms with Crippen LogP contribution in [-0.4, -0.2) is 28.5 Å². The number of carbonyl (C=O) groups is 2. The fraction of sp³-hybridized carbons (Fsp3) is 0.111. The Morgan fingerprint density at radius 1 is 0.971 bits per heavy atom. The van der Waals surface area contributed by atoms with E-state index in [4.69, 9.17) is 27.9 Å². The van der Waals surface area contributed by atoms with E-state index in [1.807, 2.05) is 42.1 Å². The Morgan fingerprint density at radius 3 is 2.37 bits per heavy atom. The molecular formula is C27H20Cl2N2O4. The van der Waals surface area contributed by atoms with Gasteiger partial charge in [0.2, 0.25) is 0 Å². The van der Waals surface area contributed by atoms with Crippen molar-refractivity contribution in [3.05, 3.63) is 99.7 Å². The molecule has 1 atom stereocenters. The van der Waals surface area contributed by atoms with Crippen molar-refractivity contribution in [2.75, 3.05) is 12.0 Å². The van der Waals surface area contributed by atoms with E-state index in [0.29, 0.717) is 27.0 Å². The third kappa shape index (κ3) is 3.75. The lowest BCUT2D eigenvalue weighted by Gasteiger charge is -2.25. The van der Waals surface area contributed by atoms with Crippen molar-refractivity contribution in [2.45, 2.75) is 6.04 Å². The van der Waals surface area contributed by atoms with Gasteiger partial charge < -0.3 is 14.4 Å². The number of aryl methyl sites for hydroxylation is 1. The molecule has 3 aromatic carbocycles. The highest BCUT2D eigenvalue weighted by atomic mass is 35.5. The molecule has 1 aliphatic rings. The zero-order valence-electron chi connectivity index (χ0n) is 18.8. The van der Waals surface area contributed by atoms with Crippen LogP contribution in [0, 0.1) is 0 Å². The number of anilines is 1. The lowest BCUT2D eigenvalue weighted by atomic mass is 9.94. The molecule has 0 saturated carbocycles.